The largest absolute Gasteiger partial charge is 0.465 e. The number of aliphatic hydroxyl groups is 1. The van der Waals surface area contributed by atoms with Crippen LogP contribution in [-0.2, 0) is 6.42 Å². The monoisotopic (exact) mass is 502 g/mol. The van der Waals surface area contributed by atoms with Crippen molar-refractivity contribution in [3.05, 3.63) is 76.2 Å². The van der Waals surface area contributed by atoms with Crippen LogP contribution in [0.25, 0.3) is 22.4 Å². The van der Waals surface area contributed by atoms with Gasteiger partial charge in [-0.3, -0.25) is 4.79 Å². The Morgan fingerprint density at radius 2 is 1.89 bits per heavy atom. The SMILES string of the molecule is Cc1cc(N2CCN(C(=O)O)CC2)cc2[nH]c(-c3c(N[C@H](CO)Cc4ccccc4)cc[nH]c3=O)nc12. The predicted molar refractivity (Wildman–Crippen MR) is 143 cm³/mol. The number of nitrogens with zero attached hydrogens (tertiary/aromatic N) is 3. The van der Waals surface area contributed by atoms with Crippen LogP contribution in [0.1, 0.15) is 11.1 Å². The van der Waals surface area contributed by atoms with E-state index in [0.29, 0.717) is 49.7 Å². The van der Waals surface area contributed by atoms with Gasteiger partial charge in [-0.05, 0) is 42.7 Å². The third kappa shape index (κ3) is 5.14. The zero-order valence-electron chi connectivity index (χ0n) is 20.6. The second-order valence-corrected chi connectivity index (χ2v) is 9.31. The van der Waals surface area contributed by atoms with E-state index in [1.807, 2.05) is 49.4 Å². The second kappa shape index (κ2) is 10.4. The molecule has 1 saturated heterocycles. The summed E-state index contributed by atoms with van der Waals surface area (Å²) >= 11 is 0. The minimum Gasteiger partial charge on any atom is -0.465 e. The number of hydrogen-bond donors (Lipinski definition) is 5. The van der Waals surface area contributed by atoms with Crippen LogP contribution < -0.4 is 15.8 Å². The topological polar surface area (TPSA) is 138 Å². The van der Waals surface area contributed by atoms with Gasteiger partial charge in [0.1, 0.15) is 11.4 Å². The van der Waals surface area contributed by atoms with Gasteiger partial charge in [0.25, 0.3) is 5.56 Å². The first-order chi connectivity index (χ1) is 17.9. The fourth-order valence-corrected chi connectivity index (χ4v) is 4.84. The Balaban J connectivity index is 1.44. The first kappa shape index (κ1) is 24.4. The summed E-state index contributed by atoms with van der Waals surface area (Å²) in [5, 5.41) is 22.6. The van der Waals surface area contributed by atoms with Gasteiger partial charge in [-0.1, -0.05) is 30.3 Å². The normalized spacial score (nSPS) is 14.6. The highest BCUT2D eigenvalue weighted by molar-refractivity contribution is 5.87. The Bertz CT molecular complexity index is 1460. The summed E-state index contributed by atoms with van der Waals surface area (Å²) in [6.07, 6.45) is 1.28. The van der Waals surface area contributed by atoms with Gasteiger partial charge >= 0.3 is 6.09 Å². The van der Waals surface area contributed by atoms with Crippen molar-refractivity contribution in [2.45, 2.75) is 19.4 Å². The molecule has 2 aromatic carbocycles. The zero-order valence-corrected chi connectivity index (χ0v) is 20.6. The number of aryl methyl sites for hydroxylation is 1. The highest BCUT2D eigenvalue weighted by Gasteiger charge is 2.22. The summed E-state index contributed by atoms with van der Waals surface area (Å²) in [5.41, 5.74) is 5.24. The molecular weight excluding hydrogens is 472 g/mol. The van der Waals surface area contributed by atoms with Gasteiger partial charge in [-0.2, -0.15) is 0 Å². The summed E-state index contributed by atoms with van der Waals surface area (Å²) in [6, 6.07) is 15.4. The van der Waals surface area contributed by atoms with Crippen LogP contribution in [0.4, 0.5) is 16.2 Å². The van der Waals surface area contributed by atoms with E-state index in [2.05, 4.69) is 20.2 Å². The molecule has 10 heteroatoms. The van der Waals surface area contributed by atoms with Crippen LogP contribution in [0.2, 0.25) is 0 Å². The van der Waals surface area contributed by atoms with E-state index < -0.39 is 6.09 Å². The average molecular weight is 503 g/mol. The van der Waals surface area contributed by atoms with Crippen molar-refractivity contribution >= 4 is 28.5 Å². The van der Waals surface area contributed by atoms with Gasteiger partial charge in [0.15, 0.2) is 0 Å². The smallest absolute Gasteiger partial charge is 0.407 e. The van der Waals surface area contributed by atoms with E-state index in [9.17, 15) is 19.8 Å². The fourth-order valence-electron chi connectivity index (χ4n) is 4.84. The number of anilines is 2. The zero-order chi connectivity index (χ0) is 25.9. The summed E-state index contributed by atoms with van der Waals surface area (Å²) in [4.78, 5) is 38.6. The maximum absolute atomic E-state index is 13.0. The molecule has 0 unspecified atom stereocenters. The number of pyridine rings is 1. The highest BCUT2D eigenvalue weighted by atomic mass is 16.4. The molecule has 1 aliphatic heterocycles. The molecule has 3 heterocycles. The number of H-pyrrole nitrogens is 2. The van der Waals surface area contributed by atoms with E-state index in [1.54, 1.807) is 12.3 Å². The lowest BCUT2D eigenvalue weighted by molar-refractivity contribution is 0.142. The third-order valence-corrected chi connectivity index (χ3v) is 6.78. The molecule has 10 nitrogen and oxygen atoms in total. The predicted octanol–water partition coefficient (Wildman–Crippen LogP) is 3.04. The Morgan fingerprint density at radius 3 is 2.59 bits per heavy atom. The molecule has 37 heavy (non-hydrogen) atoms. The molecule has 1 amide bonds. The molecule has 4 aromatic rings. The molecule has 0 spiro atoms. The van der Waals surface area contributed by atoms with Crippen LogP contribution in [0.15, 0.2) is 59.5 Å². The van der Waals surface area contributed by atoms with Crippen molar-refractivity contribution in [2.75, 3.05) is 43.0 Å². The molecule has 1 aliphatic rings. The molecule has 0 saturated carbocycles. The maximum atomic E-state index is 13.0. The van der Waals surface area contributed by atoms with Gasteiger partial charge < -0.3 is 35.3 Å². The minimum absolute atomic E-state index is 0.0983. The lowest BCUT2D eigenvalue weighted by atomic mass is 10.1. The Morgan fingerprint density at radius 1 is 1.14 bits per heavy atom. The quantitative estimate of drug-likeness (QED) is 0.262. The van der Waals surface area contributed by atoms with E-state index in [0.717, 1.165) is 27.8 Å². The van der Waals surface area contributed by atoms with E-state index >= 15 is 0 Å². The van der Waals surface area contributed by atoms with Crippen molar-refractivity contribution in [1.29, 1.82) is 0 Å². The van der Waals surface area contributed by atoms with E-state index in [1.165, 1.54) is 4.90 Å². The number of aromatic nitrogens is 3. The average Bonchev–Trinajstić information content (AvgIpc) is 3.33. The number of benzene rings is 2. The first-order valence-electron chi connectivity index (χ1n) is 12.3. The maximum Gasteiger partial charge on any atom is 0.407 e. The summed E-state index contributed by atoms with van der Waals surface area (Å²) in [6.45, 7) is 3.98. The number of amides is 1. The lowest BCUT2D eigenvalue weighted by Gasteiger charge is -2.34. The van der Waals surface area contributed by atoms with Gasteiger partial charge in [0, 0.05) is 38.1 Å². The molecule has 192 valence electrons. The van der Waals surface area contributed by atoms with Crippen LogP contribution in [0.3, 0.4) is 0 Å². The van der Waals surface area contributed by atoms with Crippen LogP contribution >= 0.6 is 0 Å². The number of hydrogen-bond acceptors (Lipinski definition) is 6. The lowest BCUT2D eigenvalue weighted by Crippen LogP contribution is -2.48. The molecule has 0 aliphatic carbocycles. The standard InChI is InChI=1S/C27H30N6O4/c1-17-13-20(32-9-11-33(12-10-32)27(36)37)15-22-24(17)31-25(30-22)23-21(7-8-28-26(23)35)29-19(16-34)14-18-5-3-2-4-6-18/h2-8,13,15,19,34H,9-12,14,16H2,1H3,(H,30,31)(H,36,37)(H2,28,29,35)/t19-/m0/s1. The summed E-state index contributed by atoms with van der Waals surface area (Å²) < 4.78 is 0. The van der Waals surface area contributed by atoms with Crippen molar-refractivity contribution in [2.24, 2.45) is 0 Å². The molecule has 0 radical (unpaired) electrons. The Hall–Kier alpha value is -4.31. The number of carbonyl (C=O) groups is 1. The number of carboxylic acid groups (broad SMARTS) is 1. The van der Waals surface area contributed by atoms with Gasteiger partial charge in [0.05, 0.1) is 29.4 Å². The number of imidazole rings is 1. The van der Waals surface area contributed by atoms with Crippen molar-refractivity contribution in [3.63, 3.8) is 0 Å². The molecule has 1 atom stereocenters. The van der Waals surface area contributed by atoms with E-state index in [-0.39, 0.29) is 18.2 Å². The Kier molecular flexibility index (Phi) is 6.82. The summed E-state index contributed by atoms with van der Waals surface area (Å²) in [7, 11) is 0. The third-order valence-electron chi connectivity index (χ3n) is 6.78. The van der Waals surface area contributed by atoms with Crippen LogP contribution in [0.5, 0.6) is 0 Å². The number of aliphatic hydroxyl groups excluding tert-OH is 1. The van der Waals surface area contributed by atoms with Crippen molar-refractivity contribution in [3.8, 4) is 11.4 Å². The first-order valence-corrected chi connectivity index (χ1v) is 12.3. The number of rotatable bonds is 7. The number of piperazine rings is 1. The number of nitrogens with one attached hydrogen (secondary N) is 3. The molecule has 1 fully saturated rings. The van der Waals surface area contributed by atoms with Crippen molar-refractivity contribution < 1.29 is 15.0 Å². The summed E-state index contributed by atoms with van der Waals surface area (Å²) in [5.74, 6) is 0.437. The number of fused-ring (bicyclic) bond motifs is 1. The van der Waals surface area contributed by atoms with E-state index in [4.69, 9.17) is 4.98 Å². The molecule has 2 aromatic heterocycles. The minimum atomic E-state index is -0.894. The molecule has 0 bridgehead atoms. The van der Waals surface area contributed by atoms with Crippen LogP contribution in [0, 0.1) is 6.92 Å². The molecule has 5 rings (SSSR count). The Labute approximate surface area is 213 Å². The fraction of sp³-hybridized carbons (Fsp3) is 0.296. The van der Waals surface area contributed by atoms with Gasteiger partial charge in [-0.15, -0.1) is 0 Å². The van der Waals surface area contributed by atoms with Crippen molar-refractivity contribution in [1.82, 2.24) is 19.9 Å². The number of aromatic amines is 2. The molecular formula is C27H30N6O4. The highest BCUT2D eigenvalue weighted by Crippen LogP contribution is 2.30. The van der Waals surface area contributed by atoms with Gasteiger partial charge in [-0.25, -0.2) is 9.78 Å². The van der Waals surface area contributed by atoms with Gasteiger partial charge in [0.2, 0.25) is 0 Å². The molecule has 5 N–H and O–H groups in total. The van der Waals surface area contributed by atoms with Crippen LogP contribution in [-0.4, -0.2) is 75.0 Å². The second-order valence-electron chi connectivity index (χ2n) is 9.31.